The van der Waals surface area contributed by atoms with E-state index in [-0.39, 0.29) is 5.97 Å². The summed E-state index contributed by atoms with van der Waals surface area (Å²) in [6, 6.07) is 0. The summed E-state index contributed by atoms with van der Waals surface area (Å²) in [5.74, 6) is 0.0379. The third-order valence-electron chi connectivity index (χ3n) is 16.0. The van der Waals surface area contributed by atoms with E-state index in [1.165, 1.54) is 385 Å². The molecule has 0 atom stereocenters. The summed E-state index contributed by atoms with van der Waals surface area (Å²) in [5.41, 5.74) is 0. The number of ether oxygens (including phenoxy) is 1. The first kappa shape index (κ1) is 68.5. The van der Waals surface area contributed by atoms with Crippen LogP contribution in [-0.4, -0.2) is 12.6 Å². The topological polar surface area (TPSA) is 26.3 Å². The average molecular weight is 972 g/mol. The zero-order chi connectivity index (χ0) is 49.5. The molecule has 69 heavy (non-hydrogen) atoms. The van der Waals surface area contributed by atoms with Crippen molar-refractivity contribution < 1.29 is 9.53 Å². The predicted molar refractivity (Wildman–Crippen MR) is 313 cm³/mol. The molecule has 0 aliphatic carbocycles. The van der Waals surface area contributed by atoms with Gasteiger partial charge >= 0.3 is 5.97 Å². The van der Waals surface area contributed by atoms with E-state index in [1.807, 2.05) is 0 Å². The Morgan fingerprint density at radius 1 is 0.188 bits per heavy atom. The summed E-state index contributed by atoms with van der Waals surface area (Å²) in [5, 5.41) is 0. The smallest absolute Gasteiger partial charge is 0.305 e. The van der Waals surface area contributed by atoms with E-state index >= 15 is 0 Å². The molecule has 0 rings (SSSR count). The van der Waals surface area contributed by atoms with Crippen molar-refractivity contribution in [1.82, 2.24) is 0 Å². The Morgan fingerprint density at radius 3 is 0.478 bits per heavy atom. The van der Waals surface area contributed by atoms with Gasteiger partial charge in [0.05, 0.1) is 6.61 Å². The second kappa shape index (κ2) is 65.5. The maximum absolute atomic E-state index is 12.1. The van der Waals surface area contributed by atoms with Crippen LogP contribution >= 0.6 is 0 Å². The molecule has 2 nitrogen and oxygen atoms in total. The van der Waals surface area contributed by atoms with Crippen LogP contribution in [0.1, 0.15) is 418 Å². The fourth-order valence-corrected chi connectivity index (χ4v) is 11.0. The van der Waals surface area contributed by atoms with Crippen molar-refractivity contribution in [3.05, 3.63) is 0 Å². The van der Waals surface area contributed by atoms with E-state index in [0.29, 0.717) is 13.0 Å². The normalized spacial score (nSPS) is 11.6. The number of hydrogen-bond donors (Lipinski definition) is 0. The largest absolute Gasteiger partial charge is 0.466 e. The molecule has 0 aromatic heterocycles. The molecule has 0 spiro atoms. The van der Waals surface area contributed by atoms with Crippen LogP contribution < -0.4 is 0 Å². The van der Waals surface area contributed by atoms with Crippen LogP contribution in [0, 0.1) is 0 Å². The number of hydrogen-bond acceptors (Lipinski definition) is 2. The van der Waals surface area contributed by atoms with Gasteiger partial charge in [-0.1, -0.05) is 399 Å². The fourth-order valence-electron chi connectivity index (χ4n) is 11.0. The molecule has 2 heteroatoms. The second-order valence-electron chi connectivity index (χ2n) is 23.2. The molecule has 414 valence electrons. The molecule has 0 unspecified atom stereocenters. The van der Waals surface area contributed by atoms with Gasteiger partial charge in [-0.25, -0.2) is 0 Å². The maximum atomic E-state index is 12.1. The van der Waals surface area contributed by atoms with Gasteiger partial charge in [0.25, 0.3) is 0 Å². The Balaban J connectivity index is 3.14. The van der Waals surface area contributed by atoms with Gasteiger partial charge < -0.3 is 4.74 Å². The van der Waals surface area contributed by atoms with Gasteiger partial charge in [0.1, 0.15) is 0 Å². The second-order valence-corrected chi connectivity index (χ2v) is 23.2. The molecule has 0 aliphatic rings. The highest BCUT2D eigenvalue weighted by atomic mass is 16.5. The quantitative estimate of drug-likeness (QED) is 0.0448. The van der Waals surface area contributed by atoms with Crippen molar-refractivity contribution in [3.63, 3.8) is 0 Å². The lowest BCUT2D eigenvalue weighted by Gasteiger charge is -2.06. The third kappa shape index (κ3) is 65.5. The van der Waals surface area contributed by atoms with Gasteiger partial charge in [-0.3, -0.25) is 4.79 Å². The van der Waals surface area contributed by atoms with E-state index in [4.69, 9.17) is 4.74 Å². The van der Waals surface area contributed by atoms with Crippen LogP contribution in [0.15, 0.2) is 0 Å². The monoisotopic (exact) mass is 971 g/mol. The molecular formula is C67H134O2. The standard InChI is InChI=1S/C67H134O2/c1-3-5-7-9-11-13-15-17-19-21-23-25-27-29-31-33-35-36-37-39-41-43-45-47-49-51-53-55-57-59-61-63-65-67(68)69-66-64-62-60-58-56-54-52-50-48-46-44-42-40-38-34-32-30-28-26-24-22-20-18-16-14-12-10-8-6-4-2/h3-66H2,1-2H3. The third-order valence-corrected chi connectivity index (χ3v) is 16.0. The van der Waals surface area contributed by atoms with Crippen LogP contribution in [-0.2, 0) is 9.53 Å². The van der Waals surface area contributed by atoms with Gasteiger partial charge in [0.15, 0.2) is 0 Å². The van der Waals surface area contributed by atoms with Crippen LogP contribution in [0.25, 0.3) is 0 Å². The molecule has 0 aromatic carbocycles. The maximum Gasteiger partial charge on any atom is 0.305 e. The summed E-state index contributed by atoms with van der Waals surface area (Å²) in [7, 11) is 0. The minimum atomic E-state index is 0.0379. The van der Waals surface area contributed by atoms with E-state index in [0.717, 1.165) is 12.8 Å². The molecule has 0 radical (unpaired) electrons. The van der Waals surface area contributed by atoms with E-state index in [1.54, 1.807) is 0 Å². The first-order valence-electron chi connectivity index (χ1n) is 33.5. The van der Waals surface area contributed by atoms with Gasteiger partial charge in [0, 0.05) is 6.42 Å². The predicted octanol–water partition coefficient (Wildman–Crippen LogP) is 25.1. The Labute approximate surface area is 438 Å². The number of esters is 1. The molecule has 0 aliphatic heterocycles. The summed E-state index contributed by atoms with van der Waals surface area (Å²) in [6.07, 6.45) is 89.2. The zero-order valence-electron chi connectivity index (χ0n) is 48.6. The van der Waals surface area contributed by atoms with Crippen molar-refractivity contribution in [3.8, 4) is 0 Å². The van der Waals surface area contributed by atoms with E-state index < -0.39 is 0 Å². The van der Waals surface area contributed by atoms with Crippen molar-refractivity contribution in [2.45, 2.75) is 418 Å². The molecule has 0 aromatic rings. The number of rotatable bonds is 64. The highest BCUT2D eigenvalue weighted by Crippen LogP contribution is 2.20. The van der Waals surface area contributed by atoms with Crippen LogP contribution in [0.4, 0.5) is 0 Å². The molecule has 0 fully saturated rings. The first-order chi connectivity index (χ1) is 34.3. The fraction of sp³-hybridized carbons (Fsp3) is 0.985. The van der Waals surface area contributed by atoms with Gasteiger partial charge in [-0.05, 0) is 12.8 Å². The minimum absolute atomic E-state index is 0.0379. The lowest BCUT2D eigenvalue weighted by molar-refractivity contribution is -0.143. The van der Waals surface area contributed by atoms with Gasteiger partial charge in [0.2, 0.25) is 0 Å². The Bertz CT molecular complexity index is 882. The summed E-state index contributed by atoms with van der Waals surface area (Å²) < 4.78 is 5.53. The highest BCUT2D eigenvalue weighted by molar-refractivity contribution is 5.69. The van der Waals surface area contributed by atoms with Gasteiger partial charge in [-0.15, -0.1) is 0 Å². The highest BCUT2D eigenvalue weighted by Gasteiger charge is 2.04. The van der Waals surface area contributed by atoms with Gasteiger partial charge in [-0.2, -0.15) is 0 Å². The van der Waals surface area contributed by atoms with Crippen molar-refractivity contribution >= 4 is 5.97 Å². The van der Waals surface area contributed by atoms with Crippen LogP contribution in [0.5, 0.6) is 0 Å². The van der Waals surface area contributed by atoms with E-state index in [9.17, 15) is 4.79 Å². The SMILES string of the molecule is CCCCCCCCCCCCCCCCCCCCCCCCCCCCCCCCCCC(=O)OCCCCCCCCCCCCCCCCCCCCCCCCCCCCCCCC. The molecule has 0 amide bonds. The molecule has 0 saturated carbocycles. The number of carbonyl (C=O) groups excluding carboxylic acids is 1. The average Bonchev–Trinajstić information content (AvgIpc) is 3.36. The summed E-state index contributed by atoms with van der Waals surface area (Å²) >= 11 is 0. The zero-order valence-corrected chi connectivity index (χ0v) is 48.6. The molecular weight excluding hydrogens is 837 g/mol. The van der Waals surface area contributed by atoms with Crippen molar-refractivity contribution in [2.24, 2.45) is 0 Å². The number of carbonyl (C=O) groups is 1. The Morgan fingerprint density at radius 2 is 0.319 bits per heavy atom. The van der Waals surface area contributed by atoms with E-state index in [2.05, 4.69) is 13.8 Å². The van der Waals surface area contributed by atoms with Crippen LogP contribution in [0.3, 0.4) is 0 Å². The molecule has 0 N–H and O–H groups in total. The Hall–Kier alpha value is -0.530. The lowest BCUT2D eigenvalue weighted by Crippen LogP contribution is -2.05. The molecule has 0 saturated heterocycles. The van der Waals surface area contributed by atoms with Crippen molar-refractivity contribution in [2.75, 3.05) is 6.61 Å². The summed E-state index contributed by atoms with van der Waals surface area (Å²) in [6.45, 7) is 5.26. The molecule has 0 heterocycles. The minimum Gasteiger partial charge on any atom is -0.466 e. The van der Waals surface area contributed by atoms with Crippen molar-refractivity contribution in [1.29, 1.82) is 0 Å². The summed E-state index contributed by atoms with van der Waals surface area (Å²) in [4.78, 5) is 12.1. The number of unbranched alkanes of at least 4 members (excludes halogenated alkanes) is 60. The lowest BCUT2D eigenvalue weighted by atomic mass is 10.0. The first-order valence-corrected chi connectivity index (χ1v) is 33.5. The van der Waals surface area contributed by atoms with Crippen LogP contribution in [0.2, 0.25) is 0 Å². The molecule has 0 bridgehead atoms. The Kier molecular flexibility index (Phi) is 65.0.